The van der Waals surface area contributed by atoms with E-state index in [1.54, 1.807) is 30.3 Å². The van der Waals surface area contributed by atoms with E-state index in [0.29, 0.717) is 22.2 Å². The van der Waals surface area contributed by atoms with Gasteiger partial charge in [-0.15, -0.1) is 0 Å². The molecule has 1 saturated heterocycles. The van der Waals surface area contributed by atoms with Crippen molar-refractivity contribution in [1.82, 2.24) is 0 Å². The van der Waals surface area contributed by atoms with E-state index in [-0.39, 0.29) is 12.5 Å². The predicted octanol–water partition coefficient (Wildman–Crippen LogP) is 4.89. The number of piperidine rings is 1. The number of rotatable bonds is 7. The maximum atomic E-state index is 12.3. The summed E-state index contributed by atoms with van der Waals surface area (Å²) in [5.74, 6) is 0.706. The van der Waals surface area contributed by atoms with Crippen molar-refractivity contribution in [2.24, 2.45) is 0 Å². The van der Waals surface area contributed by atoms with Gasteiger partial charge in [-0.1, -0.05) is 17.7 Å². The van der Waals surface area contributed by atoms with Crippen molar-refractivity contribution in [2.45, 2.75) is 19.3 Å². The molecule has 0 aliphatic carbocycles. The number of carbonyl (C=O) groups is 1. The highest BCUT2D eigenvalue weighted by molar-refractivity contribution is 6.33. The number of hydrogen-bond donors (Lipinski definition) is 1. The standard InChI is InChI=1S/C23H24ClN3O3/c1-29-22-15-17(5-9-21(22)30-14-11-25)6-10-23(28)26-18-7-8-20(19(24)16-18)27-12-3-2-4-13-27/h5-10,15-16H,2-4,12-14H2,1H3,(H,26,28). The third kappa shape index (κ3) is 5.68. The number of nitrogens with zero attached hydrogens (tertiary/aromatic N) is 2. The van der Waals surface area contributed by atoms with Crippen LogP contribution in [0.25, 0.3) is 6.08 Å². The first-order valence-electron chi connectivity index (χ1n) is 9.82. The van der Waals surface area contributed by atoms with Crippen LogP contribution in [-0.4, -0.2) is 32.7 Å². The zero-order valence-electron chi connectivity index (χ0n) is 16.9. The van der Waals surface area contributed by atoms with Gasteiger partial charge in [-0.25, -0.2) is 0 Å². The number of halogens is 1. The average Bonchev–Trinajstić information content (AvgIpc) is 2.77. The van der Waals surface area contributed by atoms with Crippen LogP contribution in [0.1, 0.15) is 24.8 Å². The molecule has 7 heteroatoms. The Kier molecular flexibility index (Phi) is 7.58. The van der Waals surface area contributed by atoms with Gasteiger partial charge in [0.05, 0.1) is 17.8 Å². The smallest absolute Gasteiger partial charge is 0.248 e. The van der Waals surface area contributed by atoms with Gasteiger partial charge in [0.25, 0.3) is 0 Å². The van der Waals surface area contributed by atoms with Crippen LogP contribution < -0.4 is 19.7 Å². The molecule has 0 saturated carbocycles. The molecular formula is C23H24ClN3O3. The first kappa shape index (κ1) is 21.5. The van der Waals surface area contributed by atoms with Gasteiger partial charge < -0.3 is 19.7 Å². The summed E-state index contributed by atoms with van der Waals surface area (Å²) in [5.41, 5.74) is 2.42. The number of carbonyl (C=O) groups excluding carboxylic acids is 1. The molecule has 1 aliphatic rings. The van der Waals surface area contributed by atoms with Gasteiger partial charge in [-0.3, -0.25) is 4.79 Å². The molecule has 3 rings (SSSR count). The summed E-state index contributed by atoms with van der Waals surface area (Å²) in [5, 5.41) is 12.1. The molecule has 1 N–H and O–H groups in total. The average molecular weight is 426 g/mol. The molecule has 30 heavy (non-hydrogen) atoms. The van der Waals surface area contributed by atoms with Crippen LogP contribution in [0.4, 0.5) is 11.4 Å². The largest absolute Gasteiger partial charge is 0.493 e. The Balaban J connectivity index is 1.63. The quantitative estimate of drug-likeness (QED) is 0.639. The van der Waals surface area contributed by atoms with E-state index in [4.69, 9.17) is 26.3 Å². The molecule has 156 valence electrons. The lowest BCUT2D eigenvalue weighted by Crippen LogP contribution is -2.29. The van der Waals surface area contributed by atoms with Crippen molar-refractivity contribution < 1.29 is 14.3 Å². The number of nitriles is 1. The summed E-state index contributed by atoms with van der Waals surface area (Å²) in [6.07, 6.45) is 6.73. The minimum Gasteiger partial charge on any atom is -0.493 e. The number of nitrogens with one attached hydrogen (secondary N) is 1. The molecule has 1 amide bonds. The van der Waals surface area contributed by atoms with Crippen LogP contribution in [-0.2, 0) is 4.79 Å². The van der Waals surface area contributed by atoms with E-state index in [2.05, 4.69) is 10.2 Å². The zero-order chi connectivity index (χ0) is 21.3. The Morgan fingerprint density at radius 3 is 2.70 bits per heavy atom. The maximum Gasteiger partial charge on any atom is 0.248 e. The minimum atomic E-state index is -0.263. The van der Waals surface area contributed by atoms with Crippen LogP contribution in [0.2, 0.25) is 5.02 Å². The molecule has 1 fully saturated rings. The van der Waals surface area contributed by atoms with E-state index in [1.165, 1.54) is 32.4 Å². The Bertz CT molecular complexity index is 963. The molecule has 0 spiro atoms. The molecule has 0 atom stereocenters. The molecule has 2 aromatic rings. The number of benzene rings is 2. The highest BCUT2D eigenvalue weighted by atomic mass is 35.5. The monoisotopic (exact) mass is 425 g/mol. The number of ether oxygens (including phenoxy) is 2. The van der Waals surface area contributed by atoms with Crippen molar-refractivity contribution in [2.75, 3.05) is 37.0 Å². The molecule has 0 aromatic heterocycles. The van der Waals surface area contributed by atoms with Crippen LogP contribution in [0.3, 0.4) is 0 Å². The lowest BCUT2D eigenvalue weighted by molar-refractivity contribution is -0.111. The van der Waals surface area contributed by atoms with Gasteiger partial charge in [0.2, 0.25) is 5.91 Å². The second kappa shape index (κ2) is 10.6. The van der Waals surface area contributed by atoms with Gasteiger partial charge in [-0.2, -0.15) is 5.26 Å². The second-order valence-electron chi connectivity index (χ2n) is 6.89. The van der Waals surface area contributed by atoms with Gasteiger partial charge in [-0.05, 0) is 61.2 Å². The summed E-state index contributed by atoms with van der Waals surface area (Å²) in [7, 11) is 1.52. The van der Waals surface area contributed by atoms with Gasteiger partial charge in [0.1, 0.15) is 6.07 Å². The lowest BCUT2D eigenvalue weighted by atomic mass is 10.1. The third-order valence-corrected chi connectivity index (χ3v) is 5.12. The van der Waals surface area contributed by atoms with E-state index >= 15 is 0 Å². The van der Waals surface area contributed by atoms with Crippen molar-refractivity contribution in [3.63, 3.8) is 0 Å². The van der Waals surface area contributed by atoms with Crippen molar-refractivity contribution >= 4 is 35.0 Å². The van der Waals surface area contributed by atoms with Gasteiger partial charge >= 0.3 is 0 Å². The Morgan fingerprint density at radius 2 is 2.00 bits per heavy atom. The molecule has 1 heterocycles. The number of methoxy groups -OCH3 is 1. The third-order valence-electron chi connectivity index (χ3n) is 4.82. The van der Waals surface area contributed by atoms with Crippen LogP contribution >= 0.6 is 11.6 Å². The molecule has 1 aliphatic heterocycles. The van der Waals surface area contributed by atoms with E-state index < -0.39 is 0 Å². The Hall–Kier alpha value is -3.17. The molecular weight excluding hydrogens is 402 g/mol. The summed E-state index contributed by atoms with van der Waals surface area (Å²) in [6.45, 7) is 1.96. The minimum absolute atomic E-state index is 0.0624. The van der Waals surface area contributed by atoms with Crippen LogP contribution in [0, 0.1) is 11.3 Å². The van der Waals surface area contributed by atoms with Gasteiger partial charge in [0.15, 0.2) is 18.1 Å². The molecule has 6 nitrogen and oxygen atoms in total. The maximum absolute atomic E-state index is 12.3. The first-order valence-corrected chi connectivity index (χ1v) is 10.2. The van der Waals surface area contributed by atoms with Crippen LogP contribution in [0.15, 0.2) is 42.5 Å². The topological polar surface area (TPSA) is 74.6 Å². The fourth-order valence-corrected chi connectivity index (χ4v) is 3.65. The zero-order valence-corrected chi connectivity index (χ0v) is 17.6. The SMILES string of the molecule is COc1cc(C=CC(=O)Nc2ccc(N3CCCCC3)c(Cl)c2)ccc1OCC#N. The highest BCUT2D eigenvalue weighted by Crippen LogP contribution is 2.31. The highest BCUT2D eigenvalue weighted by Gasteiger charge is 2.14. The first-order chi connectivity index (χ1) is 14.6. The number of hydrogen-bond acceptors (Lipinski definition) is 5. The summed E-state index contributed by atoms with van der Waals surface area (Å²) >= 11 is 6.45. The summed E-state index contributed by atoms with van der Waals surface area (Å²) in [4.78, 5) is 14.6. The Labute approximate surface area is 181 Å². The number of anilines is 2. The molecule has 0 bridgehead atoms. The van der Waals surface area contributed by atoms with Crippen molar-refractivity contribution in [3.8, 4) is 17.6 Å². The van der Waals surface area contributed by atoms with E-state index in [1.807, 2.05) is 18.2 Å². The van der Waals surface area contributed by atoms with Crippen LogP contribution in [0.5, 0.6) is 11.5 Å². The second-order valence-corrected chi connectivity index (χ2v) is 7.30. The number of amides is 1. The Morgan fingerprint density at radius 1 is 1.20 bits per heavy atom. The van der Waals surface area contributed by atoms with Crippen molar-refractivity contribution in [1.29, 1.82) is 5.26 Å². The molecule has 0 radical (unpaired) electrons. The predicted molar refractivity (Wildman–Crippen MR) is 119 cm³/mol. The summed E-state index contributed by atoms with van der Waals surface area (Å²) in [6, 6.07) is 12.7. The summed E-state index contributed by atoms with van der Waals surface area (Å²) < 4.78 is 10.6. The van der Waals surface area contributed by atoms with Gasteiger partial charge in [0, 0.05) is 24.9 Å². The van der Waals surface area contributed by atoms with Crippen molar-refractivity contribution in [3.05, 3.63) is 53.1 Å². The fraction of sp³-hybridized carbons (Fsp3) is 0.304. The normalized spacial score (nSPS) is 13.7. The fourth-order valence-electron chi connectivity index (χ4n) is 3.35. The molecule has 0 unspecified atom stereocenters. The van der Waals surface area contributed by atoms with E-state index in [0.717, 1.165) is 24.3 Å². The lowest BCUT2D eigenvalue weighted by Gasteiger charge is -2.29. The molecule has 2 aromatic carbocycles. The van der Waals surface area contributed by atoms with E-state index in [9.17, 15) is 4.79 Å².